The van der Waals surface area contributed by atoms with Crippen molar-refractivity contribution in [2.24, 2.45) is 0 Å². The molecule has 24 heavy (non-hydrogen) atoms. The van der Waals surface area contributed by atoms with Crippen LogP contribution in [0.2, 0.25) is 0 Å². The van der Waals surface area contributed by atoms with Gasteiger partial charge in [0.25, 0.3) is 0 Å². The topological polar surface area (TPSA) is 66.4 Å². The Kier molecular flexibility index (Phi) is 6.46. The zero-order valence-corrected chi connectivity index (χ0v) is 14.7. The molecule has 0 aliphatic heterocycles. The number of carbonyl (C=O) groups excluding carboxylic acids is 1. The van der Waals surface area contributed by atoms with Crippen LogP contribution in [-0.4, -0.2) is 23.8 Å². The van der Waals surface area contributed by atoms with Crippen LogP contribution >= 0.6 is 7.14 Å². The Labute approximate surface area is 143 Å². The van der Waals surface area contributed by atoms with Crippen LogP contribution < -0.4 is 10.6 Å². The highest BCUT2D eigenvalue weighted by Gasteiger charge is 2.17. The summed E-state index contributed by atoms with van der Waals surface area (Å²) in [5, 5.41) is 13.1. The van der Waals surface area contributed by atoms with Crippen molar-refractivity contribution in [2.75, 3.05) is 18.1 Å². The molecule has 0 fully saturated rings. The van der Waals surface area contributed by atoms with Gasteiger partial charge in [-0.05, 0) is 37.7 Å². The molecule has 2 rings (SSSR count). The van der Waals surface area contributed by atoms with E-state index in [1.54, 1.807) is 12.1 Å². The minimum atomic E-state index is -2.31. The maximum Gasteiger partial charge on any atom is 0.224 e. The fraction of sp³-hybridized carbons (Fsp3) is 0.316. The lowest BCUT2D eigenvalue weighted by atomic mass is 10.2. The van der Waals surface area contributed by atoms with Gasteiger partial charge in [0.2, 0.25) is 5.91 Å². The van der Waals surface area contributed by atoms with E-state index in [0.717, 1.165) is 24.6 Å². The fourth-order valence-corrected chi connectivity index (χ4v) is 4.33. The Morgan fingerprint density at radius 1 is 1.17 bits per heavy atom. The van der Waals surface area contributed by atoms with Gasteiger partial charge in [0.05, 0.1) is 5.69 Å². The minimum Gasteiger partial charge on any atom is -0.499 e. The van der Waals surface area contributed by atoms with Gasteiger partial charge < -0.3 is 15.0 Å². The summed E-state index contributed by atoms with van der Waals surface area (Å²) in [4.78, 5) is 11.8. The second-order valence-electron chi connectivity index (χ2n) is 5.88. The molecule has 2 N–H and O–H groups in total. The Morgan fingerprint density at radius 3 is 2.62 bits per heavy atom. The Hall–Kier alpha value is -2.24. The van der Waals surface area contributed by atoms with Crippen molar-refractivity contribution in [1.29, 1.82) is 0 Å². The summed E-state index contributed by atoms with van der Waals surface area (Å²) in [7, 11) is -2.31. The maximum atomic E-state index is 12.7. The summed E-state index contributed by atoms with van der Waals surface area (Å²) in [5.74, 6) is -0.256. The summed E-state index contributed by atoms with van der Waals surface area (Å²) in [6.45, 7) is 1.82. The zero-order chi connectivity index (χ0) is 17.4. The van der Waals surface area contributed by atoms with E-state index < -0.39 is 7.14 Å². The number of hydrogen-bond donors (Lipinski definition) is 2. The summed E-state index contributed by atoms with van der Waals surface area (Å²) in [5.41, 5.74) is 0.348. The van der Waals surface area contributed by atoms with Crippen molar-refractivity contribution in [3.05, 3.63) is 54.6 Å². The molecule has 4 nitrogen and oxygen atoms in total. The summed E-state index contributed by atoms with van der Waals surface area (Å²) < 4.78 is 12.7. The fourth-order valence-electron chi connectivity index (χ4n) is 2.44. The summed E-state index contributed by atoms with van der Waals surface area (Å²) in [6.07, 6.45) is 3.43. The molecule has 5 heteroatoms. The molecule has 126 valence electrons. The normalized spacial score (nSPS) is 12.9. The molecule has 1 unspecified atom stereocenters. The van der Waals surface area contributed by atoms with Gasteiger partial charge in [-0.1, -0.05) is 42.8 Å². The van der Waals surface area contributed by atoms with Crippen molar-refractivity contribution >= 4 is 24.0 Å². The van der Waals surface area contributed by atoms with Gasteiger partial charge in [0.1, 0.15) is 7.14 Å². The van der Waals surface area contributed by atoms with Gasteiger partial charge in [-0.15, -0.1) is 0 Å². The van der Waals surface area contributed by atoms with Crippen LogP contribution in [0, 0.1) is 12.1 Å². The lowest BCUT2D eigenvalue weighted by molar-refractivity contribution is -0.116. The molecule has 2 aromatic carbocycles. The number of amides is 1. The number of nitrogens with one attached hydrogen (secondary N) is 1. The minimum absolute atomic E-state index is 0.111. The summed E-state index contributed by atoms with van der Waals surface area (Å²) in [6, 6.07) is 17.8. The van der Waals surface area contributed by atoms with Crippen molar-refractivity contribution in [3.8, 4) is 5.75 Å². The first kappa shape index (κ1) is 18.1. The molecule has 0 aromatic heterocycles. The van der Waals surface area contributed by atoms with E-state index in [0.29, 0.717) is 18.3 Å². The number of unbranched alkanes of at least 4 members (excludes halogenated alkanes) is 2. The van der Waals surface area contributed by atoms with Gasteiger partial charge in [0.15, 0.2) is 5.75 Å². The monoisotopic (exact) mass is 343 g/mol. The van der Waals surface area contributed by atoms with Crippen molar-refractivity contribution in [2.45, 2.75) is 25.7 Å². The molecule has 1 atom stereocenters. The smallest absolute Gasteiger partial charge is 0.224 e. The number of carbonyl (C=O) groups is 1. The predicted octanol–water partition coefficient (Wildman–Crippen LogP) is 3.81. The number of rotatable bonds is 8. The Bertz CT molecular complexity index is 716. The molecule has 0 heterocycles. The van der Waals surface area contributed by atoms with Crippen LogP contribution in [0.3, 0.4) is 0 Å². The maximum absolute atomic E-state index is 12.7. The molecule has 0 radical (unpaired) electrons. The van der Waals surface area contributed by atoms with Crippen LogP contribution in [0.25, 0.3) is 0 Å². The largest absolute Gasteiger partial charge is 0.499 e. The summed E-state index contributed by atoms with van der Waals surface area (Å²) >= 11 is 0. The molecule has 0 bridgehead atoms. The first-order valence-corrected chi connectivity index (χ1v) is 10.4. The van der Waals surface area contributed by atoms with Crippen LogP contribution in [0.5, 0.6) is 5.75 Å². The quantitative estimate of drug-likeness (QED) is 0.566. The highest BCUT2D eigenvalue weighted by molar-refractivity contribution is 7.70. The molecular formula is C19H22NO3P. The molecule has 0 aliphatic carbocycles. The highest BCUT2D eigenvalue weighted by Crippen LogP contribution is 2.40. The molecule has 0 saturated heterocycles. The molecule has 2 aromatic rings. The third-order valence-corrected chi connectivity index (χ3v) is 6.40. The predicted molar refractivity (Wildman–Crippen MR) is 97.4 cm³/mol. The average Bonchev–Trinajstić information content (AvgIpc) is 2.57. The zero-order valence-electron chi connectivity index (χ0n) is 13.8. The lowest BCUT2D eigenvalue weighted by Gasteiger charge is -2.13. The van der Waals surface area contributed by atoms with E-state index in [1.165, 1.54) is 0 Å². The number of hydrogen-bond acceptors (Lipinski definition) is 3. The van der Waals surface area contributed by atoms with Gasteiger partial charge in [-0.3, -0.25) is 4.79 Å². The standard InChI is InChI=1S/C19H22NO3P/c1-24(23,16-10-4-2-5-11-16)15-9-3-6-14-19(22)20-17-12-7-8-13-18(17)21/h2,4-5,7,10-12,21H,3,6,9,14-15H2,1H3,(H,20,22). The average molecular weight is 343 g/mol. The third kappa shape index (κ3) is 5.44. The molecule has 0 aliphatic rings. The van der Waals surface area contributed by atoms with E-state index in [9.17, 15) is 14.5 Å². The van der Waals surface area contributed by atoms with Crippen molar-refractivity contribution in [1.82, 2.24) is 0 Å². The van der Waals surface area contributed by atoms with Gasteiger partial charge >= 0.3 is 0 Å². The Morgan fingerprint density at radius 2 is 1.92 bits per heavy atom. The molecule has 0 saturated carbocycles. The second-order valence-corrected chi connectivity index (χ2v) is 9.05. The van der Waals surface area contributed by atoms with E-state index in [1.807, 2.05) is 37.0 Å². The molecular weight excluding hydrogens is 321 g/mol. The van der Waals surface area contributed by atoms with E-state index in [-0.39, 0.29) is 11.7 Å². The lowest BCUT2D eigenvalue weighted by Crippen LogP contribution is -2.11. The van der Waals surface area contributed by atoms with Gasteiger partial charge in [-0.25, -0.2) is 0 Å². The molecule has 1 amide bonds. The van der Waals surface area contributed by atoms with E-state index in [2.05, 4.69) is 17.4 Å². The number of anilines is 1. The number of benzene rings is 1. The first-order chi connectivity index (χ1) is 11.5. The van der Waals surface area contributed by atoms with Crippen LogP contribution in [0.1, 0.15) is 25.7 Å². The first-order valence-electron chi connectivity index (χ1n) is 8.02. The third-order valence-electron chi connectivity index (χ3n) is 3.84. The van der Waals surface area contributed by atoms with E-state index in [4.69, 9.17) is 0 Å². The van der Waals surface area contributed by atoms with Crippen LogP contribution in [-0.2, 0) is 9.36 Å². The molecule has 0 spiro atoms. The van der Waals surface area contributed by atoms with Crippen molar-refractivity contribution in [3.63, 3.8) is 0 Å². The van der Waals surface area contributed by atoms with Crippen LogP contribution in [0.4, 0.5) is 5.69 Å². The van der Waals surface area contributed by atoms with E-state index >= 15 is 0 Å². The SMILES string of the molecule is CP(=O)(CCCCCC(=O)Nc1ccc#cc1O)c1ccccc1. The Balaban J connectivity index is 1.69. The second kappa shape index (κ2) is 8.57. The van der Waals surface area contributed by atoms with Gasteiger partial charge in [0, 0.05) is 17.9 Å². The van der Waals surface area contributed by atoms with Crippen LogP contribution in [0.15, 0.2) is 42.5 Å². The highest BCUT2D eigenvalue weighted by atomic mass is 31.2. The van der Waals surface area contributed by atoms with Gasteiger partial charge in [-0.2, -0.15) is 0 Å². The van der Waals surface area contributed by atoms with Crippen molar-refractivity contribution < 1.29 is 14.5 Å². The number of aromatic hydroxyl groups is 1.